The summed E-state index contributed by atoms with van der Waals surface area (Å²) in [7, 11) is 1.00. The van der Waals surface area contributed by atoms with Crippen LogP contribution in [0.2, 0.25) is 0 Å². The smallest absolute Gasteiger partial charge is 0.137 e. The van der Waals surface area contributed by atoms with E-state index in [0.717, 1.165) is 92.7 Å². The lowest BCUT2D eigenvalue weighted by Crippen LogP contribution is -2.38. The van der Waals surface area contributed by atoms with Gasteiger partial charge >= 0.3 is 0 Å². The fourth-order valence-corrected chi connectivity index (χ4v) is 4.44. The summed E-state index contributed by atoms with van der Waals surface area (Å²) in [5.74, 6) is 0.744. The number of hydrogen-bond acceptors (Lipinski definition) is 8. The van der Waals surface area contributed by atoms with Gasteiger partial charge in [0.2, 0.25) is 0 Å². The number of aliphatic hydroxyl groups excluding tert-OH is 1. The zero-order valence-corrected chi connectivity index (χ0v) is 24.3. The molecule has 4 rings (SSSR count). The van der Waals surface area contributed by atoms with Crippen molar-refractivity contribution in [2.24, 2.45) is 5.41 Å². The normalized spacial score (nSPS) is 18.6. The number of carbonyl (C=O) groups excluding carboxylic acids is 1. The Morgan fingerprint density at radius 2 is 1.82 bits per heavy atom. The van der Waals surface area contributed by atoms with Gasteiger partial charge < -0.3 is 29.4 Å². The number of pyridine rings is 2. The average Bonchev–Trinajstić information content (AvgIpc) is 3.39. The van der Waals surface area contributed by atoms with Crippen LogP contribution in [0.5, 0.6) is 5.75 Å². The molecule has 2 aromatic rings. The maximum Gasteiger partial charge on any atom is 0.137 e. The summed E-state index contributed by atoms with van der Waals surface area (Å²) in [6, 6.07) is 3.94. The highest BCUT2D eigenvalue weighted by Gasteiger charge is 2.29. The summed E-state index contributed by atoms with van der Waals surface area (Å²) in [4.78, 5) is 23.1. The Labute approximate surface area is 228 Å². The van der Waals surface area contributed by atoms with Gasteiger partial charge in [-0.05, 0) is 70.9 Å². The number of aldehydes is 1. The number of aryl methyl sites for hydroxylation is 1. The first-order chi connectivity index (χ1) is 18.0. The molecule has 0 radical (unpaired) electrons. The van der Waals surface area contributed by atoms with Gasteiger partial charge in [0.25, 0.3) is 0 Å². The number of aromatic nitrogens is 2. The summed E-state index contributed by atoms with van der Waals surface area (Å²) in [6.45, 7) is 15.2. The maximum atomic E-state index is 11.4. The SMILES string of the molecule is CC(C)(C)O.CO.Cc1ncc(-c2ccc(OC[C@H]3CCCO3)cn2)c(N2CCC(C)(C)CC2)c1CC=O. The van der Waals surface area contributed by atoms with E-state index in [1.54, 1.807) is 27.0 Å². The predicted molar refractivity (Wildman–Crippen MR) is 152 cm³/mol. The quantitative estimate of drug-likeness (QED) is 0.495. The van der Waals surface area contributed by atoms with Gasteiger partial charge in [0.05, 0.1) is 29.3 Å². The van der Waals surface area contributed by atoms with Crippen LogP contribution in [0.1, 0.15) is 71.6 Å². The fourth-order valence-electron chi connectivity index (χ4n) is 4.44. The Morgan fingerprint density at radius 1 is 1.16 bits per heavy atom. The summed E-state index contributed by atoms with van der Waals surface area (Å²) in [6.07, 6.45) is 9.59. The molecule has 8 nitrogen and oxygen atoms in total. The van der Waals surface area contributed by atoms with Crippen molar-refractivity contribution in [1.29, 1.82) is 0 Å². The minimum absolute atomic E-state index is 0.182. The number of anilines is 1. The third-order valence-electron chi connectivity index (χ3n) is 6.56. The lowest BCUT2D eigenvalue weighted by molar-refractivity contribution is -0.107. The first kappa shape index (κ1) is 31.7. The molecule has 2 N–H and O–H groups in total. The molecule has 2 aromatic heterocycles. The molecule has 2 aliphatic heterocycles. The van der Waals surface area contributed by atoms with Gasteiger partial charge in [-0.2, -0.15) is 0 Å². The summed E-state index contributed by atoms with van der Waals surface area (Å²) < 4.78 is 11.5. The molecule has 0 aliphatic carbocycles. The van der Waals surface area contributed by atoms with Crippen molar-refractivity contribution in [3.05, 3.63) is 35.8 Å². The molecular weight excluding hydrogens is 482 g/mol. The average molecular weight is 530 g/mol. The van der Waals surface area contributed by atoms with Gasteiger partial charge in [-0.15, -0.1) is 0 Å². The molecular formula is C30H47N3O5. The lowest BCUT2D eigenvalue weighted by atomic mass is 9.82. The highest BCUT2D eigenvalue weighted by Crippen LogP contribution is 2.39. The van der Waals surface area contributed by atoms with Crippen molar-refractivity contribution in [2.75, 3.05) is 38.3 Å². The molecule has 0 amide bonds. The summed E-state index contributed by atoms with van der Waals surface area (Å²) in [5.41, 5.74) is 4.71. The van der Waals surface area contributed by atoms with Crippen LogP contribution in [0.4, 0.5) is 5.69 Å². The minimum Gasteiger partial charge on any atom is -0.489 e. The zero-order valence-electron chi connectivity index (χ0n) is 24.3. The molecule has 4 heterocycles. The number of piperidine rings is 1. The van der Waals surface area contributed by atoms with Crippen LogP contribution in [0.25, 0.3) is 11.3 Å². The lowest BCUT2D eigenvalue weighted by Gasteiger charge is -2.40. The molecule has 0 spiro atoms. The van der Waals surface area contributed by atoms with Gasteiger partial charge in [-0.1, -0.05) is 13.8 Å². The number of nitrogens with zero attached hydrogens (tertiary/aromatic N) is 3. The number of hydrogen-bond donors (Lipinski definition) is 2. The Morgan fingerprint density at radius 3 is 2.34 bits per heavy atom. The molecule has 8 heteroatoms. The van der Waals surface area contributed by atoms with E-state index in [1.165, 1.54) is 0 Å². The van der Waals surface area contributed by atoms with E-state index in [9.17, 15) is 4.79 Å². The van der Waals surface area contributed by atoms with Gasteiger partial charge in [0.1, 0.15) is 18.6 Å². The van der Waals surface area contributed by atoms with Crippen LogP contribution in [-0.4, -0.2) is 71.6 Å². The van der Waals surface area contributed by atoms with Crippen molar-refractivity contribution in [1.82, 2.24) is 9.97 Å². The second-order valence-electron chi connectivity index (χ2n) is 11.6. The number of aliphatic hydroxyl groups is 2. The molecule has 0 bridgehead atoms. The number of rotatable bonds is 7. The molecule has 0 saturated carbocycles. The maximum absolute atomic E-state index is 11.4. The van der Waals surface area contributed by atoms with E-state index in [4.69, 9.17) is 19.7 Å². The first-order valence-corrected chi connectivity index (χ1v) is 13.5. The van der Waals surface area contributed by atoms with Crippen LogP contribution >= 0.6 is 0 Å². The van der Waals surface area contributed by atoms with E-state index in [0.29, 0.717) is 18.4 Å². The Balaban J connectivity index is 0.000000651. The Hall–Kier alpha value is -2.55. The van der Waals surface area contributed by atoms with Crippen LogP contribution < -0.4 is 9.64 Å². The molecule has 2 aliphatic rings. The topological polar surface area (TPSA) is 105 Å². The second kappa shape index (κ2) is 14.6. The molecule has 0 aromatic carbocycles. The van der Waals surface area contributed by atoms with E-state index in [-0.39, 0.29) is 6.10 Å². The van der Waals surface area contributed by atoms with Gasteiger partial charge in [-0.3, -0.25) is 9.97 Å². The molecule has 1 atom stereocenters. The number of ether oxygens (including phenoxy) is 2. The first-order valence-electron chi connectivity index (χ1n) is 13.5. The van der Waals surface area contributed by atoms with Crippen LogP contribution in [0, 0.1) is 12.3 Å². The summed E-state index contributed by atoms with van der Waals surface area (Å²) >= 11 is 0. The van der Waals surface area contributed by atoms with Crippen molar-refractivity contribution < 1.29 is 24.5 Å². The number of carbonyl (C=O) groups is 1. The monoisotopic (exact) mass is 529 g/mol. The standard InChI is InChI=1S/C25H33N3O3.C4H10O.CH4O/c1-18-21(8-13-29)24(28-11-9-25(2,3)10-12-28)22(16-26-18)23-7-6-19(15-27-23)31-17-20-5-4-14-30-20;1-4(2,3)5;1-2/h6-7,13,15-16,20H,4-5,8-12,14,17H2,1-3H3;5H,1-3H3;2H,1H3/t20-;;/m1../s1. The van der Waals surface area contributed by atoms with Gasteiger partial charge in [0, 0.05) is 56.2 Å². The summed E-state index contributed by atoms with van der Waals surface area (Å²) in [5, 5.41) is 15.5. The van der Waals surface area contributed by atoms with Gasteiger partial charge in [-0.25, -0.2) is 0 Å². The van der Waals surface area contributed by atoms with Gasteiger partial charge in [0.15, 0.2) is 0 Å². The molecule has 0 unspecified atom stereocenters. The highest BCUT2D eigenvalue weighted by molar-refractivity contribution is 5.81. The van der Waals surface area contributed by atoms with E-state index in [2.05, 4.69) is 28.7 Å². The second-order valence-corrected chi connectivity index (χ2v) is 11.6. The van der Waals surface area contributed by atoms with Crippen molar-refractivity contribution in [2.45, 2.75) is 85.4 Å². The zero-order chi connectivity index (χ0) is 28.3. The Bertz CT molecular complexity index is 980. The molecule has 2 saturated heterocycles. The molecule has 212 valence electrons. The minimum atomic E-state index is -0.500. The van der Waals surface area contributed by atoms with Crippen LogP contribution in [0.15, 0.2) is 24.5 Å². The predicted octanol–water partition coefficient (Wildman–Crippen LogP) is 4.76. The van der Waals surface area contributed by atoms with E-state index >= 15 is 0 Å². The van der Waals surface area contributed by atoms with Crippen LogP contribution in [-0.2, 0) is 16.0 Å². The van der Waals surface area contributed by atoms with E-state index in [1.807, 2.05) is 25.3 Å². The van der Waals surface area contributed by atoms with Crippen molar-refractivity contribution in [3.63, 3.8) is 0 Å². The highest BCUT2D eigenvalue weighted by atomic mass is 16.5. The third kappa shape index (κ3) is 9.97. The van der Waals surface area contributed by atoms with E-state index < -0.39 is 5.60 Å². The van der Waals surface area contributed by atoms with Crippen molar-refractivity contribution >= 4 is 12.0 Å². The fraction of sp³-hybridized carbons (Fsp3) is 0.633. The largest absolute Gasteiger partial charge is 0.489 e. The third-order valence-corrected chi connectivity index (χ3v) is 6.56. The Kier molecular flexibility index (Phi) is 12.1. The van der Waals surface area contributed by atoms with Crippen molar-refractivity contribution in [3.8, 4) is 17.0 Å². The van der Waals surface area contributed by atoms with Crippen LogP contribution in [0.3, 0.4) is 0 Å². The molecule has 38 heavy (non-hydrogen) atoms. The molecule has 2 fully saturated rings.